The van der Waals surface area contributed by atoms with Crippen molar-refractivity contribution < 1.29 is 9.53 Å². The van der Waals surface area contributed by atoms with Crippen molar-refractivity contribution in [1.29, 1.82) is 0 Å². The van der Waals surface area contributed by atoms with Crippen molar-refractivity contribution in [2.75, 3.05) is 28.6 Å². The van der Waals surface area contributed by atoms with E-state index in [4.69, 9.17) is 16.3 Å². The minimum Gasteiger partial charge on any atom is -0.487 e. The van der Waals surface area contributed by atoms with Crippen LogP contribution >= 0.6 is 11.6 Å². The zero-order chi connectivity index (χ0) is 21.8. The van der Waals surface area contributed by atoms with Crippen LogP contribution in [0.5, 0.6) is 5.75 Å². The number of para-hydroxylation sites is 1. The van der Waals surface area contributed by atoms with Crippen LogP contribution in [0.3, 0.4) is 0 Å². The third-order valence-corrected chi connectivity index (χ3v) is 5.32. The van der Waals surface area contributed by atoms with E-state index < -0.39 is 0 Å². The van der Waals surface area contributed by atoms with Crippen molar-refractivity contribution in [2.24, 2.45) is 0 Å². The number of amides is 1. The second-order valence-corrected chi connectivity index (χ2v) is 7.71. The lowest BCUT2D eigenvalue weighted by Gasteiger charge is -2.18. The van der Waals surface area contributed by atoms with Crippen LogP contribution in [0.1, 0.15) is 18.9 Å². The van der Waals surface area contributed by atoms with Crippen molar-refractivity contribution in [3.8, 4) is 5.75 Å². The Hall–Kier alpha value is -3.39. The highest BCUT2D eigenvalue weighted by Gasteiger charge is 2.26. The highest BCUT2D eigenvalue weighted by molar-refractivity contribution is 6.32. The van der Waals surface area contributed by atoms with E-state index in [0.29, 0.717) is 29.2 Å². The lowest BCUT2D eigenvalue weighted by atomic mass is 10.1. The monoisotopic (exact) mass is 438 g/mol. The third-order valence-electron chi connectivity index (χ3n) is 5.01. The molecule has 2 aromatic carbocycles. The van der Waals surface area contributed by atoms with Gasteiger partial charge < -0.3 is 20.3 Å². The molecule has 1 atom stereocenters. The number of nitrogens with one attached hydrogen (secondary N) is 2. The van der Waals surface area contributed by atoms with Gasteiger partial charge in [0.15, 0.2) is 0 Å². The van der Waals surface area contributed by atoms with Gasteiger partial charge >= 0.3 is 0 Å². The quantitative estimate of drug-likeness (QED) is 0.596. The van der Waals surface area contributed by atoms with Gasteiger partial charge in [-0.3, -0.25) is 4.79 Å². The van der Waals surface area contributed by atoms with Gasteiger partial charge in [-0.25, -0.2) is 9.97 Å². The average molecular weight is 439 g/mol. The number of carbonyl (C=O) groups is 1. The molecular formula is C22H23ClN6O2. The van der Waals surface area contributed by atoms with Gasteiger partial charge in [0.1, 0.15) is 18.2 Å². The normalized spacial score (nSPS) is 15.6. The van der Waals surface area contributed by atoms with Gasteiger partial charge in [0.05, 0.1) is 11.6 Å². The zero-order valence-electron chi connectivity index (χ0n) is 17.3. The predicted octanol–water partition coefficient (Wildman–Crippen LogP) is 4.19. The second-order valence-electron chi connectivity index (χ2n) is 7.30. The predicted molar refractivity (Wildman–Crippen MR) is 121 cm³/mol. The molecule has 0 saturated carbocycles. The lowest BCUT2D eigenvalue weighted by molar-refractivity contribution is -0.114. The molecule has 9 heteroatoms. The van der Waals surface area contributed by atoms with Crippen LogP contribution in [0.4, 0.5) is 23.3 Å². The fraction of sp³-hybridized carbons (Fsp3) is 0.273. The Morgan fingerprint density at radius 3 is 2.77 bits per heavy atom. The summed E-state index contributed by atoms with van der Waals surface area (Å²) in [6.45, 7) is 4.84. The smallest absolute Gasteiger partial charge is 0.232 e. The van der Waals surface area contributed by atoms with Crippen LogP contribution in [0.2, 0.25) is 5.02 Å². The Morgan fingerprint density at radius 2 is 1.97 bits per heavy atom. The van der Waals surface area contributed by atoms with Crippen molar-refractivity contribution in [3.05, 3.63) is 59.4 Å². The van der Waals surface area contributed by atoms with Crippen LogP contribution in [-0.2, 0) is 4.79 Å². The van der Waals surface area contributed by atoms with Gasteiger partial charge in [0.25, 0.3) is 0 Å². The fourth-order valence-corrected chi connectivity index (χ4v) is 3.62. The Labute approximate surface area is 185 Å². The van der Waals surface area contributed by atoms with Crippen LogP contribution in [0, 0.1) is 6.92 Å². The number of hydrogen-bond donors (Lipinski definition) is 2. The van der Waals surface area contributed by atoms with E-state index in [9.17, 15) is 4.79 Å². The summed E-state index contributed by atoms with van der Waals surface area (Å²) in [6, 6.07) is 13.1. The summed E-state index contributed by atoms with van der Waals surface area (Å²) in [5, 5.41) is 6.64. The first-order valence-corrected chi connectivity index (χ1v) is 10.4. The molecule has 3 aromatic rings. The van der Waals surface area contributed by atoms with Crippen LogP contribution in [0.25, 0.3) is 0 Å². The molecule has 1 saturated heterocycles. The van der Waals surface area contributed by atoms with Gasteiger partial charge in [-0.2, -0.15) is 4.98 Å². The fourth-order valence-electron chi connectivity index (χ4n) is 3.44. The number of benzene rings is 2. The molecule has 1 aromatic heterocycles. The summed E-state index contributed by atoms with van der Waals surface area (Å²) in [6.07, 6.45) is 2.34. The zero-order valence-corrected chi connectivity index (χ0v) is 18.1. The molecule has 2 heterocycles. The highest BCUT2D eigenvalue weighted by atomic mass is 35.5. The molecule has 8 nitrogen and oxygen atoms in total. The van der Waals surface area contributed by atoms with E-state index in [-0.39, 0.29) is 12.0 Å². The largest absolute Gasteiger partial charge is 0.487 e. The van der Waals surface area contributed by atoms with E-state index >= 15 is 0 Å². The molecule has 1 amide bonds. The molecule has 0 radical (unpaired) electrons. The number of nitrogens with zero attached hydrogens (tertiary/aromatic N) is 4. The number of anilines is 4. The maximum atomic E-state index is 11.4. The van der Waals surface area contributed by atoms with Crippen molar-refractivity contribution in [3.63, 3.8) is 0 Å². The van der Waals surface area contributed by atoms with Crippen molar-refractivity contribution in [2.45, 2.75) is 26.4 Å². The van der Waals surface area contributed by atoms with E-state index in [1.165, 1.54) is 13.3 Å². The lowest BCUT2D eigenvalue weighted by Crippen LogP contribution is -2.26. The first-order valence-electron chi connectivity index (χ1n) is 9.99. The summed E-state index contributed by atoms with van der Waals surface area (Å²) < 4.78 is 6.05. The molecular weight excluding hydrogens is 416 g/mol. The highest BCUT2D eigenvalue weighted by Crippen LogP contribution is 2.28. The number of ether oxygens (including phenoxy) is 1. The second kappa shape index (κ2) is 9.18. The minimum atomic E-state index is -0.120. The molecule has 0 bridgehead atoms. The number of hydrogen-bond acceptors (Lipinski definition) is 7. The average Bonchev–Trinajstić information content (AvgIpc) is 3.21. The summed E-state index contributed by atoms with van der Waals surface area (Å²) in [5.41, 5.74) is 2.45. The Balaban J connectivity index is 1.45. The topological polar surface area (TPSA) is 92.3 Å². The van der Waals surface area contributed by atoms with E-state index in [0.717, 1.165) is 29.9 Å². The minimum absolute atomic E-state index is 0.00431. The molecule has 0 spiro atoms. The van der Waals surface area contributed by atoms with Gasteiger partial charge in [-0.1, -0.05) is 29.8 Å². The molecule has 4 rings (SSSR count). The van der Waals surface area contributed by atoms with Gasteiger partial charge in [-0.15, -0.1) is 0 Å². The first kappa shape index (κ1) is 20.9. The molecule has 2 N–H and O–H groups in total. The standard InChI is InChI=1S/C22H23ClN6O2/c1-14-18(26-15(2)30)7-5-8-19(14)27-21-24-13-25-22(28-21)29-11-10-16(12-29)31-20-9-4-3-6-17(20)23/h3-9,13,16H,10-12H2,1-2H3,(H,26,30)(H,24,25,27,28). The van der Waals surface area contributed by atoms with Crippen molar-refractivity contribution >= 4 is 40.8 Å². The van der Waals surface area contributed by atoms with Gasteiger partial charge in [0, 0.05) is 31.3 Å². The van der Waals surface area contributed by atoms with Gasteiger partial charge in [-0.05, 0) is 36.8 Å². The van der Waals surface area contributed by atoms with Crippen LogP contribution in [0.15, 0.2) is 48.8 Å². The summed E-state index contributed by atoms with van der Waals surface area (Å²) in [5.74, 6) is 1.58. The summed E-state index contributed by atoms with van der Waals surface area (Å²) in [4.78, 5) is 26.6. The van der Waals surface area contributed by atoms with E-state index in [1.807, 2.05) is 49.4 Å². The number of aromatic nitrogens is 3. The maximum absolute atomic E-state index is 11.4. The molecule has 1 aliphatic rings. The molecule has 160 valence electrons. The molecule has 0 aliphatic carbocycles. The van der Waals surface area contributed by atoms with Crippen LogP contribution in [-0.4, -0.2) is 40.1 Å². The first-order chi connectivity index (χ1) is 15.0. The Bertz CT molecular complexity index is 1090. The van der Waals surface area contributed by atoms with Gasteiger partial charge in [0.2, 0.25) is 17.8 Å². The van der Waals surface area contributed by atoms with E-state index in [1.54, 1.807) is 0 Å². The van der Waals surface area contributed by atoms with Crippen LogP contribution < -0.4 is 20.3 Å². The number of rotatable bonds is 6. The Morgan fingerprint density at radius 1 is 1.16 bits per heavy atom. The van der Waals surface area contributed by atoms with Crippen molar-refractivity contribution in [1.82, 2.24) is 15.0 Å². The SMILES string of the molecule is CC(=O)Nc1cccc(Nc2ncnc(N3CCC(Oc4ccccc4Cl)C3)n2)c1C. The number of halogens is 1. The molecule has 1 aliphatic heterocycles. The molecule has 1 fully saturated rings. The molecule has 1 unspecified atom stereocenters. The summed E-state index contributed by atoms with van der Waals surface area (Å²) in [7, 11) is 0. The van der Waals surface area contributed by atoms with E-state index in [2.05, 4.69) is 30.5 Å². The summed E-state index contributed by atoms with van der Waals surface area (Å²) >= 11 is 6.20. The Kier molecular flexibility index (Phi) is 6.18. The molecule has 31 heavy (non-hydrogen) atoms. The third kappa shape index (κ3) is 5.03. The number of carbonyl (C=O) groups excluding carboxylic acids is 1. The maximum Gasteiger partial charge on any atom is 0.232 e.